The molecule has 1 saturated heterocycles. The van der Waals surface area contributed by atoms with E-state index in [0.29, 0.717) is 0 Å². The van der Waals surface area contributed by atoms with E-state index >= 15 is 0 Å². The molecule has 0 bridgehead atoms. The average molecular weight is 375 g/mol. The highest BCUT2D eigenvalue weighted by Crippen LogP contribution is 2.19. The molecule has 0 saturated carbocycles. The van der Waals surface area contributed by atoms with Gasteiger partial charge in [-0.05, 0) is 63.4 Å². The van der Waals surface area contributed by atoms with E-state index in [1.54, 1.807) is 0 Å². The highest BCUT2D eigenvalue weighted by Gasteiger charge is 2.21. The van der Waals surface area contributed by atoms with E-state index in [9.17, 15) is 0 Å². The molecular formula is C21H31ClN4. The van der Waals surface area contributed by atoms with Gasteiger partial charge in [0, 0.05) is 43.6 Å². The summed E-state index contributed by atoms with van der Waals surface area (Å²) in [7, 11) is 2.22. The van der Waals surface area contributed by atoms with Gasteiger partial charge in [0.05, 0.1) is 6.54 Å². The molecule has 142 valence electrons. The van der Waals surface area contributed by atoms with Crippen molar-refractivity contribution in [3.8, 4) is 0 Å². The molecule has 2 aromatic rings. The van der Waals surface area contributed by atoms with Gasteiger partial charge < -0.3 is 9.47 Å². The van der Waals surface area contributed by atoms with E-state index in [0.717, 1.165) is 43.5 Å². The summed E-state index contributed by atoms with van der Waals surface area (Å²) in [4.78, 5) is 9.57. The Balaban J connectivity index is 1.44. The third-order valence-electron chi connectivity index (χ3n) is 5.36. The van der Waals surface area contributed by atoms with Crippen LogP contribution < -0.4 is 0 Å². The second-order valence-corrected chi connectivity index (χ2v) is 7.95. The molecule has 1 aromatic heterocycles. The quantitative estimate of drug-likeness (QED) is 0.699. The molecule has 0 radical (unpaired) electrons. The van der Waals surface area contributed by atoms with E-state index in [-0.39, 0.29) is 0 Å². The van der Waals surface area contributed by atoms with Crippen LogP contribution in [0.2, 0.25) is 5.02 Å². The zero-order chi connectivity index (χ0) is 18.4. The molecule has 1 aliphatic heterocycles. The molecule has 1 aliphatic rings. The second kappa shape index (κ2) is 9.54. The van der Waals surface area contributed by atoms with Crippen LogP contribution in [0.5, 0.6) is 0 Å². The fourth-order valence-electron chi connectivity index (χ4n) is 3.97. The van der Waals surface area contributed by atoms with Crippen molar-refractivity contribution in [3.05, 3.63) is 53.1 Å². The number of hydrogen-bond donors (Lipinski definition) is 0. The van der Waals surface area contributed by atoms with Crippen LogP contribution >= 0.6 is 11.6 Å². The Morgan fingerprint density at radius 1 is 1.27 bits per heavy atom. The maximum atomic E-state index is 5.98. The van der Waals surface area contributed by atoms with Crippen LogP contribution in [0.3, 0.4) is 0 Å². The lowest BCUT2D eigenvalue weighted by Gasteiger charge is -2.34. The maximum absolute atomic E-state index is 5.98. The third kappa shape index (κ3) is 5.57. The van der Waals surface area contributed by atoms with Gasteiger partial charge >= 0.3 is 0 Å². The van der Waals surface area contributed by atoms with Crippen molar-refractivity contribution in [1.82, 2.24) is 19.4 Å². The predicted molar refractivity (Wildman–Crippen MR) is 109 cm³/mol. The summed E-state index contributed by atoms with van der Waals surface area (Å²) in [5.41, 5.74) is 1.38. The normalized spacial score (nSPS) is 18.5. The smallest absolute Gasteiger partial charge is 0.122 e. The first-order chi connectivity index (χ1) is 12.6. The summed E-state index contributed by atoms with van der Waals surface area (Å²) < 4.78 is 2.23. The molecule has 4 nitrogen and oxygen atoms in total. The molecule has 0 spiro atoms. The van der Waals surface area contributed by atoms with Crippen molar-refractivity contribution in [2.24, 2.45) is 5.92 Å². The summed E-state index contributed by atoms with van der Waals surface area (Å²) >= 11 is 5.98. The molecule has 5 heteroatoms. The minimum absolute atomic E-state index is 0.754. The van der Waals surface area contributed by atoms with Crippen molar-refractivity contribution >= 4 is 11.6 Å². The van der Waals surface area contributed by atoms with Crippen molar-refractivity contribution in [2.45, 2.75) is 39.3 Å². The summed E-state index contributed by atoms with van der Waals surface area (Å²) in [6.45, 7) is 8.82. The zero-order valence-corrected chi connectivity index (χ0v) is 16.8. The highest BCUT2D eigenvalue weighted by atomic mass is 35.5. The minimum Gasteiger partial charge on any atom is -0.334 e. The zero-order valence-electron chi connectivity index (χ0n) is 16.1. The Morgan fingerprint density at radius 3 is 2.85 bits per heavy atom. The summed E-state index contributed by atoms with van der Waals surface area (Å²) in [5, 5.41) is 0.818. The molecule has 0 aliphatic carbocycles. The van der Waals surface area contributed by atoms with Gasteiger partial charge in [-0.2, -0.15) is 0 Å². The second-order valence-electron chi connectivity index (χ2n) is 7.51. The Kier molecular flexibility index (Phi) is 7.12. The molecule has 26 heavy (non-hydrogen) atoms. The van der Waals surface area contributed by atoms with Gasteiger partial charge in [0.2, 0.25) is 0 Å². The molecule has 1 atom stereocenters. The van der Waals surface area contributed by atoms with Crippen LogP contribution in [0.25, 0.3) is 0 Å². The third-order valence-corrected chi connectivity index (χ3v) is 5.61. The number of imidazole rings is 1. The fourth-order valence-corrected chi connectivity index (χ4v) is 4.09. The molecule has 2 heterocycles. The summed E-state index contributed by atoms with van der Waals surface area (Å²) in [6, 6.07) is 8.27. The number of rotatable bonds is 8. The topological polar surface area (TPSA) is 24.3 Å². The van der Waals surface area contributed by atoms with Crippen LogP contribution in [0.4, 0.5) is 0 Å². The SMILES string of the molecule is CCn1ccnc1CN(C)C[C@@H]1CCCN(CCc2ccc(Cl)cc2)C1. The van der Waals surface area contributed by atoms with Gasteiger partial charge in [-0.25, -0.2) is 4.98 Å². The standard InChI is InChI=1S/C21H31ClN4/c1-3-26-14-11-23-21(26)17-24(2)15-19-5-4-12-25(16-19)13-10-18-6-8-20(22)9-7-18/h6-9,11,14,19H,3-5,10,12-13,15-17H2,1-2H3/t19-/m0/s1. The Morgan fingerprint density at radius 2 is 2.08 bits per heavy atom. The number of aryl methyl sites for hydroxylation is 1. The van der Waals surface area contributed by atoms with Crippen LogP contribution in [0.1, 0.15) is 31.2 Å². The minimum atomic E-state index is 0.754. The summed E-state index contributed by atoms with van der Waals surface area (Å²) in [6.07, 6.45) is 7.73. The fraction of sp³-hybridized carbons (Fsp3) is 0.571. The summed E-state index contributed by atoms with van der Waals surface area (Å²) in [5.74, 6) is 1.93. The Hall–Kier alpha value is -1.36. The van der Waals surface area contributed by atoms with Gasteiger partial charge in [-0.3, -0.25) is 4.90 Å². The number of halogens is 1. The average Bonchev–Trinajstić information content (AvgIpc) is 3.08. The molecule has 0 N–H and O–H groups in total. The number of likely N-dealkylation sites (tertiary alicyclic amines) is 1. The number of nitrogens with zero attached hydrogens (tertiary/aromatic N) is 4. The number of hydrogen-bond acceptors (Lipinski definition) is 3. The van der Waals surface area contributed by atoms with Gasteiger partial charge in [-0.1, -0.05) is 23.7 Å². The van der Waals surface area contributed by atoms with Crippen LogP contribution in [-0.4, -0.2) is 52.6 Å². The van der Waals surface area contributed by atoms with Gasteiger partial charge in [0.25, 0.3) is 0 Å². The van der Waals surface area contributed by atoms with Crippen LogP contribution in [0, 0.1) is 5.92 Å². The molecular weight excluding hydrogens is 344 g/mol. The van der Waals surface area contributed by atoms with Gasteiger partial charge in [-0.15, -0.1) is 0 Å². The van der Waals surface area contributed by atoms with Crippen LogP contribution in [0.15, 0.2) is 36.7 Å². The first kappa shape index (κ1) is 19.4. The molecule has 1 aromatic carbocycles. The lowest BCUT2D eigenvalue weighted by atomic mass is 9.97. The van der Waals surface area contributed by atoms with Gasteiger partial charge in [0.15, 0.2) is 0 Å². The Bertz CT molecular complexity index is 667. The van der Waals surface area contributed by atoms with Crippen molar-refractivity contribution in [3.63, 3.8) is 0 Å². The number of benzene rings is 1. The molecule has 0 unspecified atom stereocenters. The first-order valence-electron chi connectivity index (χ1n) is 9.79. The monoisotopic (exact) mass is 374 g/mol. The van der Waals surface area contributed by atoms with Crippen molar-refractivity contribution < 1.29 is 0 Å². The van der Waals surface area contributed by atoms with Gasteiger partial charge in [0.1, 0.15) is 5.82 Å². The van der Waals surface area contributed by atoms with Crippen LogP contribution in [-0.2, 0) is 19.5 Å². The van der Waals surface area contributed by atoms with E-state index < -0.39 is 0 Å². The number of piperidine rings is 1. The van der Waals surface area contributed by atoms with Crippen molar-refractivity contribution in [2.75, 3.05) is 33.2 Å². The van der Waals surface area contributed by atoms with E-state index in [4.69, 9.17) is 11.6 Å². The van der Waals surface area contributed by atoms with E-state index in [1.807, 2.05) is 18.3 Å². The number of aromatic nitrogens is 2. The molecule has 0 amide bonds. The van der Waals surface area contributed by atoms with Crippen molar-refractivity contribution in [1.29, 1.82) is 0 Å². The van der Waals surface area contributed by atoms with E-state index in [2.05, 4.69) is 51.7 Å². The first-order valence-corrected chi connectivity index (χ1v) is 10.2. The van der Waals surface area contributed by atoms with E-state index in [1.165, 1.54) is 37.3 Å². The lowest BCUT2D eigenvalue weighted by Crippen LogP contribution is -2.41. The molecule has 1 fully saturated rings. The maximum Gasteiger partial charge on any atom is 0.122 e. The highest BCUT2D eigenvalue weighted by molar-refractivity contribution is 6.30. The molecule has 3 rings (SSSR count). The lowest BCUT2D eigenvalue weighted by molar-refractivity contribution is 0.141. The predicted octanol–water partition coefficient (Wildman–Crippen LogP) is 3.94. The Labute approximate surface area is 162 Å². The largest absolute Gasteiger partial charge is 0.334 e.